The van der Waals surface area contributed by atoms with Gasteiger partial charge in [-0.25, -0.2) is 4.79 Å². The molecule has 0 N–H and O–H groups in total. The van der Waals surface area contributed by atoms with E-state index in [1.165, 1.54) is 6.08 Å². The van der Waals surface area contributed by atoms with Crippen molar-refractivity contribution in [2.24, 2.45) is 0 Å². The van der Waals surface area contributed by atoms with E-state index in [1.807, 2.05) is 13.0 Å². The summed E-state index contributed by atoms with van der Waals surface area (Å²) in [5.41, 5.74) is 0. The summed E-state index contributed by atoms with van der Waals surface area (Å²) in [6, 6.07) is 0. The molecule has 1 aliphatic heterocycles. The molecule has 48 valence electrons. The molecule has 1 heterocycles. The zero-order valence-electron chi connectivity index (χ0n) is 5.26. The van der Waals surface area contributed by atoms with Gasteiger partial charge in [-0.15, -0.1) is 0 Å². The van der Waals surface area contributed by atoms with Crippen molar-refractivity contribution in [3.8, 4) is 0 Å². The summed E-state index contributed by atoms with van der Waals surface area (Å²) >= 11 is 0. The zero-order chi connectivity index (χ0) is 6.69. The fourth-order valence-corrected chi connectivity index (χ4v) is 0.645. The van der Waals surface area contributed by atoms with Crippen LogP contribution in [0.4, 0.5) is 0 Å². The van der Waals surface area contributed by atoms with Gasteiger partial charge >= 0.3 is 5.97 Å². The van der Waals surface area contributed by atoms with Crippen molar-refractivity contribution in [3.05, 3.63) is 24.0 Å². The molecule has 0 aromatic heterocycles. The first-order valence-corrected chi connectivity index (χ1v) is 2.93. The van der Waals surface area contributed by atoms with Gasteiger partial charge in [0.2, 0.25) is 0 Å². The maximum Gasteiger partial charge on any atom is 0.336 e. The molecule has 0 spiro atoms. The van der Waals surface area contributed by atoms with Crippen LogP contribution in [0, 0.1) is 0 Å². The first kappa shape index (κ1) is 6.08. The molecule has 0 atom stereocenters. The van der Waals surface area contributed by atoms with Gasteiger partial charge in [-0.1, -0.05) is 6.92 Å². The lowest BCUT2D eigenvalue weighted by Crippen LogP contribution is -1.89. The SMILES string of the molecule is CCC=C1C=CC(=O)O1. The highest BCUT2D eigenvalue weighted by atomic mass is 16.5. The minimum absolute atomic E-state index is 0.269. The summed E-state index contributed by atoms with van der Waals surface area (Å²) in [6.45, 7) is 1.99. The molecule has 2 heteroatoms. The molecule has 0 bridgehead atoms. The molecule has 9 heavy (non-hydrogen) atoms. The van der Waals surface area contributed by atoms with E-state index in [0.717, 1.165) is 6.42 Å². The van der Waals surface area contributed by atoms with Crippen LogP contribution in [0.3, 0.4) is 0 Å². The molecule has 0 radical (unpaired) electrons. The largest absolute Gasteiger partial charge is 0.424 e. The van der Waals surface area contributed by atoms with E-state index in [4.69, 9.17) is 4.74 Å². The molecule has 0 fully saturated rings. The minimum atomic E-state index is -0.269. The van der Waals surface area contributed by atoms with Gasteiger partial charge in [0.1, 0.15) is 5.76 Å². The number of esters is 1. The van der Waals surface area contributed by atoms with Crippen molar-refractivity contribution in [1.82, 2.24) is 0 Å². The number of hydrogen-bond donors (Lipinski definition) is 0. The van der Waals surface area contributed by atoms with Crippen LogP contribution < -0.4 is 0 Å². The molecule has 2 nitrogen and oxygen atoms in total. The number of carbonyl (C=O) groups is 1. The van der Waals surface area contributed by atoms with Gasteiger partial charge in [0, 0.05) is 6.08 Å². The van der Waals surface area contributed by atoms with Gasteiger partial charge in [0.15, 0.2) is 0 Å². The predicted octanol–water partition coefficient (Wildman–Crippen LogP) is 1.39. The Labute approximate surface area is 53.8 Å². The van der Waals surface area contributed by atoms with Crippen molar-refractivity contribution in [1.29, 1.82) is 0 Å². The fourth-order valence-electron chi connectivity index (χ4n) is 0.645. The molecule has 0 unspecified atom stereocenters. The molecular weight excluding hydrogens is 116 g/mol. The number of cyclic esters (lactones) is 1. The second-order valence-corrected chi connectivity index (χ2v) is 1.77. The Morgan fingerprint density at radius 1 is 1.67 bits per heavy atom. The molecule has 1 aliphatic rings. The van der Waals surface area contributed by atoms with Crippen LogP contribution in [-0.4, -0.2) is 5.97 Å². The minimum Gasteiger partial charge on any atom is -0.424 e. The quantitative estimate of drug-likeness (QED) is 0.494. The van der Waals surface area contributed by atoms with Crippen molar-refractivity contribution in [3.63, 3.8) is 0 Å². The van der Waals surface area contributed by atoms with Crippen LogP contribution >= 0.6 is 0 Å². The Morgan fingerprint density at radius 3 is 2.89 bits per heavy atom. The number of allylic oxidation sites excluding steroid dienone is 2. The first-order valence-electron chi connectivity index (χ1n) is 2.93. The molecule has 0 aliphatic carbocycles. The van der Waals surface area contributed by atoms with Crippen molar-refractivity contribution in [2.75, 3.05) is 0 Å². The Balaban J connectivity index is 2.60. The van der Waals surface area contributed by atoms with E-state index in [1.54, 1.807) is 6.08 Å². The van der Waals surface area contributed by atoms with Crippen LogP contribution in [-0.2, 0) is 9.53 Å². The van der Waals surface area contributed by atoms with E-state index in [0.29, 0.717) is 5.76 Å². The lowest BCUT2D eigenvalue weighted by atomic mass is 10.4. The molecular formula is C7H8O2. The average molecular weight is 124 g/mol. The lowest BCUT2D eigenvalue weighted by molar-refractivity contribution is -0.132. The van der Waals surface area contributed by atoms with Gasteiger partial charge in [0.05, 0.1) is 0 Å². The summed E-state index contributed by atoms with van der Waals surface area (Å²) in [7, 11) is 0. The van der Waals surface area contributed by atoms with E-state index < -0.39 is 0 Å². The summed E-state index contributed by atoms with van der Waals surface area (Å²) in [5.74, 6) is 0.400. The number of rotatable bonds is 1. The number of ether oxygens (including phenoxy) is 1. The maximum atomic E-state index is 10.4. The summed E-state index contributed by atoms with van der Waals surface area (Å²) in [6.07, 6.45) is 5.85. The van der Waals surface area contributed by atoms with Crippen LogP contribution in [0.15, 0.2) is 24.0 Å². The summed E-state index contributed by atoms with van der Waals surface area (Å²) in [5, 5.41) is 0. The smallest absolute Gasteiger partial charge is 0.336 e. The van der Waals surface area contributed by atoms with Gasteiger partial charge in [-0.2, -0.15) is 0 Å². The number of carbonyl (C=O) groups excluding carboxylic acids is 1. The van der Waals surface area contributed by atoms with Crippen LogP contribution in [0.5, 0.6) is 0 Å². The second-order valence-electron chi connectivity index (χ2n) is 1.77. The van der Waals surface area contributed by atoms with Gasteiger partial charge in [-0.3, -0.25) is 0 Å². The number of hydrogen-bond acceptors (Lipinski definition) is 2. The Kier molecular flexibility index (Phi) is 1.68. The molecule has 0 saturated carbocycles. The molecule has 1 rings (SSSR count). The van der Waals surface area contributed by atoms with Crippen molar-refractivity contribution >= 4 is 5.97 Å². The highest BCUT2D eigenvalue weighted by molar-refractivity contribution is 5.86. The van der Waals surface area contributed by atoms with Crippen LogP contribution in [0.1, 0.15) is 13.3 Å². The normalized spacial score (nSPS) is 21.0. The third-order valence-corrected chi connectivity index (χ3v) is 1.01. The Bertz CT molecular complexity index is 177. The molecule has 0 saturated heterocycles. The highest BCUT2D eigenvalue weighted by Gasteiger charge is 2.06. The third kappa shape index (κ3) is 1.42. The van der Waals surface area contributed by atoms with E-state index in [-0.39, 0.29) is 5.97 Å². The van der Waals surface area contributed by atoms with Crippen molar-refractivity contribution in [2.45, 2.75) is 13.3 Å². The zero-order valence-corrected chi connectivity index (χ0v) is 5.26. The third-order valence-electron chi connectivity index (χ3n) is 1.01. The monoisotopic (exact) mass is 124 g/mol. The average Bonchev–Trinajstić information content (AvgIpc) is 2.17. The first-order chi connectivity index (χ1) is 4.33. The molecule has 0 aromatic rings. The van der Waals surface area contributed by atoms with Crippen LogP contribution in [0.2, 0.25) is 0 Å². The van der Waals surface area contributed by atoms with Gasteiger partial charge < -0.3 is 4.74 Å². The second kappa shape index (κ2) is 2.49. The van der Waals surface area contributed by atoms with E-state index >= 15 is 0 Å². The summed E-state index contributed by atoms with van der Waals surface area (Å²) in [4.78, 5) is 10.4. The fraction of sp³-hybridized carbons (Fsp3) is 0.286. The topological polar surface area (TPSA) is 26.3 Å². The maximum absolute atomic E-state index is 10.4. The Hall–Kier alpha value is -1.05. The summed E-state index contributed by atoms with van der Waals surface area (Å²) < 4.78 is 4.71. The Morgan fingerprint density at radius 2 is 2.44 bits per heavy atom. The van der Waals surface area contributed by atoms with Gasteiger partial charge in [0.25, 0.3) is 0 Å². The lowest BCUT2D eigenvalue weighted by Gasteiger charge is -1.91. The standard InChI is InChI=1S/C7H8O2/c1-2-3-6-4-5-7(8)9-6/h3-5H,2H2,1H3. The van der Waals surface area contributed by atoms with E-state index in [9.17, 15) is 4.79 Å². The molecule has 0 amide bonds. The van der Waals surface area contributed by atoms with E-state index in [2.05, 4.69) is 0 Å². The van der Waals surface area contributed by atoms with Crippen molar-refractivity contribution < 1.29 is 9.53 Å². The van der Waals surface area contributed by atoms with Gasteiger partial charge in [-0.05, 0) is 18.6 Å². The predicted molar refractivity (Wildman–Crippen MR) is 33.6 cm³/mol. The highest BCUT2D eigenvalue weighted by Crippen LogP contribution is 2.08. The molecule has 0 aromatic carbocycles. The van der Waals surface area contributed by atoms with Crippen LogP contribution in [0.25, 0.3) is 0 Å².